The van der Waals surface area contributed by atoms with Crippen LogP contribution in [0.3, 0.4) is 0 Å². The molecule has 0 atom stereocenters. The Kier molecular flexibility index (Phi) is 7.12. The summed E-state index contributed by atoms with van der Waals surface area (Å²) in [7, 11) is 2.24. The molecule has 1 aromatic rings. The highest BCUT2D eigenvalue weighted by Crippen LogP contribution is 2.07. The van der Waals surface area contributed by atoms with Crippen LogP contribution >= 0.6 is 0 Å². The molecule has 1 rings (SSSR count). The standard InChI is InChI=1S/C16H23N3O4S/c1-17(2)15(20)12-18(3)16(21)13-19(4)24(22,23)11-10-14-8-6-5-7-9-14/h5-11H,12-13H2,1-4H3/b11-10+. The van der Waals surface area contributed by atoms with Gasteiger partial charge in [-0.15, -0.1) is 0 Å². The van der Waals surface area contributed by atoms with Gasteiger partial charge in [0.25, 0.3) is 0 Å². The number of likely N-dealkylation sites (N-methyl/N-ethyl adjacent to an activating group) is 3. The molecule has 0 unspecified atom stereocenters. The van der Waals surface area contributed by atoms with Crippen LogP contribution in [-0.4, -0.2) is 75.6 Å². The zero-order valence-corrected chi connectivity index (χ0v) is 15.2. The van der Waals surface area contributed by atoms with Gasteiger partial charge in [0.15, 0.2) is 0 Å². The number of carbonyl (C=O) groups is 2. The summed E-state index contributed by atoms with van der Waals surface area (Å²) in [4.78, 5) is 26.2. The van der Waals surface area contributed by atoms with Gasteiger partial charge in [0, 0.05) is 33.6 Å². The van der Waals surface area contributed by atoms with Crippen LogP contribution in [0.25, 0.3) is 6.08 Å². The maximum Gasteiger partial charge on any atom is 0.241 e. The summed E-state index contributed by atoms with van der Waals surface area (Å²) in [5.41, 5.74) is 0.745. The summed E-state index contributed by atoms with van der Waals surface area (Å²) < 4.78 is 25.3. The van der Waals surface area contributed by atoms with Gasteiger partial charge in [-0.3, -0.25) is 9.59 Å². The summed E-state index contributed by atoms with van der Waals surface area (Å²) in [6.07, 6.45) is 1.47. The normalized spacial score (nSPS) is 11.7. The number of benzene rings is 1. The molecule has 0 N–H and O–H groups in total. The Morgan fingerprint density at radius 2 is 1.54 bits per heavy atom. The highest BCUT2D eigenvalue weighted by Gasteiger charge is 2.21. The maximum absolute atomic E-state index is 12.2. The molecular formula is C16H23N3O4S. The first-order chi connectivity index (χ1) is 11.1. The van der Waals surface area contributed by atoms with Crippen LogP contribution < -0.4 is 0 Å². The van der Waals surface area contributed by atoms with Crippen LogP contribution in [0, 0.1) is 0 Å². The van der Waals surface area contributed by atoms with E-state index in [2.05, 4.69) is 0 Å². The topological polar surface area (TPSA) is 78.0 Å². The average molecular weight is 353 g/mol. The molecule has 7 nitrogen and oxygen atoms in total. The van der Waals surface area contributed by atoms with Gasteiger partial charge in [-0.1, -0.05) is 30.3 Å². The predicted octanol–water partition coefficient (Wildman–Crippen LogP) is 0.466. The first-order valence-electron chi connectivity index (χ1n) is 7.27. The van der Waals surface area contributed by atoms with Crippen LogP contribution in [0.5, 0.6) is 0 Å². The van der Waals surface area contributed by atoms with E-state index in [1.807, 2.05) is 6.07 Å². The highest BCUT2D eigenvalue weighted by atomic mass is 32.2. The number of hydrogen-bond acceptors (Lipinski definition) is 4. The molecule has 0 aliphatic rings. The molecule has 132 valence electrons. The zero-order chi connectivity index (χ0) is 18.3. The van der Waals surface area contributed by atoms with E-state index in [-0.39, 0.29) is 19.0 Å². The van der Waals surface area contributed by atoms with E-state index in [0.29, 0.717) is 0 Å². The molecular weight excluding hydrogens is 330 g/mol. The van der Waals surface area contributed by atoms with Crippen molar-refractivity contribution < 1.29 is 18.0 Å². The average Bonchev–Trinajstić information content (AvgIpc) is 2.53. The quantitative estimate of drug-likeness (QED) is 0.714. The van der Waals surface area contributed by atoms with Crippen molar-refractivity contribution in [3.05, 3.63) is 41.3 Å². The van der Waals surface area contributed by atoms with Crippen LogP contribution in [0.15, 0.2) is 35.7 Å². The number of sulfonamides is 1. The second kappa shape index (κ2) is 8.60. The minimum atomic E-state index is -3.72. The van der Waals surface area contributed by atoms with E-state index < -0.39 is 15.9 Å². The molecule has 0 aliphatic heterocycles. The van der Waals surface area contributed by atoms with Crippen LogP contribution in [0.2, 0.25) is 0 Å². The molecule has 0 saturated carbocycles. The van der Waals surface area contributed by atoms with Crippen molar-refractivity contribution in [2.75, 3.05) is 41.3 Å². The molecule has 0 bridgehead atoms. The fraction of sp³-hybridized carbons (Fsp3) is 0.375. The maximum atomic E-state index is 12.2. The van der Waals surface area contributed by atoms with Gasteiger partial charge < -0.3 is 9.80 Å². The third-order valence-electron chi connectivity index (χ3n) is 3.32. The minimum absolute atomic E-state index is 0.0976. The second-order valence-electron chi connectivity index (χ2n) is 5.55. The van der Waals surface area contributed by atoms with E-state index in [4.69, 9.17) is 0 Å². The third-order valence-corrected chi connectivity index (χ3v) is 4.80. The molecule has 0 saturated heterocycles. The van der Waals surface area contributed by atoms with Crippen molar-refractivity contribution in [2.24, 2.45) is 0 Å². The summed E-state index contributed by atoms with van der Waals surface area (Å²) in [6, 6.07) is 8.99. The second-order valence-corrected chi connectivity index (χ2v) is 7.48. The molecule has 0 aromatic heterocycles. The Morgan fingerprint density at radius 1 is 0.958 bits per heavy atom. The number of hydrogen-bond donors (Lipinski definition) is 0. The first kappa shape index (κ1) is 19.9. The van der Waals surface area contributed by atoms with Crippen molar-refractivity contribution in [3.8, 4) is 0 Å². The largest absolute Gasteiger partial charge is 0.347 e. The number of amides is 2. The number of nitrogens with zero attached hydrogens (tertiary/aromatic N) is 3. The molecule has 0 radical (unpaired) electrons. The summed E-state index contributed by atoms with van der Waals surface area (Å²) in [5, 5.41) is 1.06. The van der Waals surface area contributed by atoms with Crippen molar-refractivity contribution in [1.82, 2.24) is 14.1 Å². The molecule has 0 spiro atoms. The molecule has 8 heteroatoms. The van der Waals surface area contributed by atoms with Crippen molar-refractivity contribution in [3.63, 3.8) is 0 Å². The molecule has 0 aliphatic carbocycles. The SMILES string of the molecule is CN(C)C(=O)CN(C)C(=O)CN(C)S(=O)(=O)/C=C/c1ccccc1. The molecule has 2 amide bonds. The molecule has 24 heavy (non-hydrogen) atoms. The predicted molar refractivity (Wildman–Crippen MR) is 93.4 cm³/mol. The lowest BCUT2D eigenvalue weighted by Gasteiger charge is -2.21. The smallest absolute Gasteiger partial charge is 0.241 e. The van der Waals surface area contributed by atoms with Gasteiger partial charge in [-0.2, -0.15) is 4.31 Å². The Labute approximate surface area is 143 Å². The Hall–Kier alpha value is -2.19. The summed E-state index contributed by atoms with van der Waals surface area (Å²) in [5.74, 6) is -0.690. The molecule has 0 fully saturated rings. The zero-order valence-electron chi connectivity index (χ0n) is 14.3. The lowest BCUT2D eigenvalue weighted by atomic mass is 10.2. The monoisotopic (exact) mass is 353 g/mol. The van der Waals surface area contributed by atoms with Crippen molar-refractivity contribution in [2.45, 2.75) is 0 Å². The van der Waals surface area contributed by atoms with Crippen LogP contribution in [0.4, 0.5) is 0 Å². The molecule has 0 heterocycles. The van der Waals surface area contributed by atoms with Gasteiger partial charge >= 0.3 is 0 Å². The fourth-order valence-electron chi connectivity index (χ4n) is 1.67. The van der Waals surface area contributed by atoms with Crippen LogP contribution in [-0.2, 0) is 19.6 Å². The van der Waals surface area contributed by atoms with Gasteiger partial charge in [-0.05, 0) is 11.6 Å². The molecule has 1 aromatic carbocycles. The fourth-order valence-corrected chi connectivity index (χ4v) is 2.49. The lowest BCUT2D eigenvalue weighted by Crippen LogP contribution is -2.43. The van der Waals surface area contributed by atoms with Gasteiger partial charge in [-0.25, -0.2) is 8.42 Å². The minimum Gasteiger partial charge on any atom is -0.347 e. The van der Waals surface area contributed by atoms with Gasteiger partial charge in [0.1, 0.15) is 0 Å². The summed E-state index contributed by atoms with van der Waals surface area (Å²) in [6.45, 7) is -0.432. The summed E-state index contributed by atoms with van der Waals surface area (Å²) >= 11 is 0. The Bertz CT molecular complexity index is 699. The third kappa shape index (κ3) is 6.13. The van der Waals surface area contributed by atoms with Crippen LogP contribution in [0.1, 0.15) is 5.56 Å². The Balaban J connectivity index is 2.68. The number of rotatable bonds is 7. The van der Waals surface area contributed by atoms with Crippen molar-refractivity contribution >= 4 is 27.9 Å². The van der Waals surface area contributed by atoms with E-state index >= 15 is 0 Å². The van der Waals surface area contributed by atoms with Gasteiger partial charge in [0.2, 0.25) is 21.8 Å². The van der Waals surface area contributed by atoms with Gasteiger partial charge in [0.05, 0.1) is 13.1 Å². The van der Waals surface area contributed by atoms with E-state index in [1.165, 1.54) is 30.0 Å². The van der Waals surface area contributed by atoms with Crippen molar-refractivity contribution in [1.29, 1.82) is 0 Å². The number of carbonyl (C=O) groups excluding carboxylic acids is 2. The van der Waals surface area contributed by atoms with E-state index in [1.54, 1.807) is 38.4 Å². The first-order valence-corrected chi connectivity index (χ1v) is 8.77. The Morgan fingerprint density at radius 3 is 2.08 bits per heavy atom. The van der Waals surface area contributed by atoms with E-state index in [0.717, 1.165) is 15.3 Å². The van der Waals surface area contributed by atoms with E-state index in [9.17, 15) is 18.0 Å². The highest BCUT2D eigenvalue weighted by molar-refractivity contribution is 7.92. The lowest BCUT2D eigenvalue weighted by molar-refractivity contribution is -0.137.